The minimum atomic E-state index is -3.74. The van der Waals surface area contributed by atoms with Crippen molar-refractivity contribution in [3.63, 3.8) is 0 Å². The van der Waals surface area contributed by atoms with Gasteiger partial charge in [-0.3, -0.25) is 9.10 Å². The van der Waals surface area contributed by atoms with Crippen LogP contribution >= 0.6 is 11.6 Å². The standard InChI is InChI=1S/C22H29ClN2O4S/c1-16(14-22(2,3)17-9-7-6-8-10-17)24-21(26)15-25(30(5,27)28)19-13-18(23)11-12-20(19)29-4/h6-13,16H,14-15H2,1-5H3,(H,24,26). The number of sulfonamides is 1. The lowest BCUT2D eigenvalue weighted by Crippen LogP contribution is -2.44. The Morgan fingerprint density at radius 1 is 1.20 bits per heavy atom. The van der Waals surface area contributed by atoms with Crippen LogP contribution in [0.3, 0.4) is 0 Å². The summed E-state index contributed by atoms with van der Waals surface area (Å²) in [5.41, 5.74) is 1.24. The first-order valence-electron chi connectivity index (χ1n) is 9.60. The van der Waals surface area contributed by atoms with Crippen LogP contribution in [0.1, 0.15) is 32.8 Å². The van der Waals surface area contributed by atoms with Crippen molar-refractivity contribution in [2.45, 2.75) is 38.6 Å². The highest BCUT2D eigenvalue weighted by Crippen LogP contribution is 2.33. The van der Waals surface area contributed by atoms with Gasteiger partial charge in [0.15, 0.2) is 0 Å². The number of hydrogen-bond donors (Lipinski definition) is 1. The van der Waals surface area contributed by atoms with Gasteiger partial charge in [-0.25, -0.2) is 8.42 Å². The minimum Gasteiger partial charge on any atom is -0.495 e. The van der Waals surface area contributed by atoms with Crippen LogP contribution in [0.4, 0.5) is 5.69 Å². The summed E-state index contributed by atoms with van der Waals surface area (Å²) in [6.07, 6.45) is 1.74. The van der Waals surface area contributed by atoms with Gasteiger partial charge in [0, 0.05) is 11.1 Å². The molecule has 0 heterocycles. The predicted molar refractivity (Wildman–Crippen MR) is 122 cm³/mol. The van der Waals surface area contributed by atoms with Crippen molar-refractivity contribution in [1.82, 2.24) is 5.32 Å². The molecule has 0 spiro atoms. The van der Waals surface area contributed by atoms with Gasteiger partial charge in [0.2, 0.25) is 15.9 Å². The Morgan fingerprint density at radius 2 is 1.83 bits per heavy atom. The third-order valence-corrected chi connectivity index (χ3v) is 6.24. The van der Waals surface area contributed by atoms with Gasteiger partial charge in [0.1, 0.15) is 12.3 Å². The molecule has 0 aliphatic heterocycles. The molecule has 0 fully saturated rings. The van der Waals surface area contributed by atoms with Crippen LogP contribution in [0.15, 0.2) is 48.5 Å². The monoisotopic (exact) mass is 452 g/mol. The van der Waals surface area contributed by atoms with Gasteiger partial charge in [-0.1, -0.05) is 55.8 Å². The number of amides is 1. The van der Waals surface area contributed by atoms with E-state index in [1.54, 1.807) is 12.1 Å². The second-order valence-electron chi connectivity index (χ2n) is 8.01. The van der Waals surface area contributed by atoms with E-state index in [1.165, 1.54) is 18.7 Å². The highest BCUT2D eigenvalue weighted by molar-refractivity contribution is 7.92. The zero-order chi connectivity index (χ0) is 22.5. The average Bonchev–Trinajstić information content (AvgIpc) is 2.65. The predicted octanol–water partition coefficient (Wildman–Crippen LogP) is 3.99. The van der Waals surface area contributed by atoms with Crippen LogP contribution in [-0.2, 0) is 20.2 Å². The van der Waals surface area contributed by atoms with E-state index in [-0.39, 0.29) is 23.7 Å². The molecule has 1 amide bonds. The first-order chi connectivity index (χ1) is 13.9. The van der Waals surface area contributed by atoms with E-state index in [2.05, 4.69) is 31.3 Å². The number of hydrogen-bond acceptors (Lipinski definition) is 4. The lowest BCUT2D eigenvalue weighted by molar-refractivity contribution is -0.120. The Hall–Kier alpha value is -2.25. The number of anilines is 1. The average molecular weight is 453 g/mol. The van der Waals surface area contributed by atoms with E-state index in [0.717, 1.165) is 10.6 Å². The molecule has 0 saturated heterocycles. The Bertz CT molecular complexity index is 978. The molecule has 0 aromatic heterocycles. The maximum atomic E-state index is 12.7. The van der Waals surface area contributed by atoms with E-state index < -0.39 is 15.9 Å². The van der Waals surface area contributed by atoms with Crippen LogP contribution in [0.2, 0.25) is 5.02 Å². The normalized spacial score (nSPS) is 12.9. The number of methoxy groups -OCH3 is 1. The summed E-state index contributed by atoms with van der Waals surface area (Å²) in [5, 5.41) is 3.26. The third kappa shape index (κ3) is 6.37. The molecule has 0 bridgehead atoms. The number of halogens is 1. The molecule has 2 aromatic rings. The van der Waals surface area contributed by atoms with E-state index in [0.29, 0.717) is 17.2 Å². The van der Waals surface area contributed by atoms with Crippen molar-refractivity contribution in [2.75, 3.05) is 24.2 Å². The highest BCUT2D eigenvalue weighted by Gasteiger charge is 2.27. The molecule has 8 heteroatoms. The minimum absolute atomic E-state index is 0.152. The molecule has 164 valence electrons. The number of carbonyl (C=O) groups excluding carboxylic acids is 1. The first-order valence-corrected chi connectivity index (χ1v) is 11.8. The number of rotatable bonds is 9. The van der Waals surface area contributed by atoms with E-state index in [1.807, 2.05) is 25.1 Å². The van der Waals surface area contributed by atoms with Gasteiger partial charge in [0.05, 0.1) is 19.1 Å². The van der Waals surface area contributed by atoms with Crippen LogP contribution in [-0.4, -0.2) is 40.3 Å². The van der Waals surface area contributed by atoms with Crippen molar-refractivity contribution in [3.8, 4) is 5.75 Å². The lowest BCUT2D eigenvalue weighted by Gasteiger charge is -2.30. The topological polar surface area (TPSA) is 75.7 Å². The fourth-order valence-electron chi connectivity index (χ4n) is 3.51. The Kier molecular flexibility index (Phi) is 7.77. The van der Waals surface area contributed by atoms with Crippen molar-refractivity contribution >= 4 is 33.2 Å². The zero-order valence-electron chi connectivity index (χ0n) is 18.0. The van der Waals surface area contributed by atoms with Crippen LogP contribution in [0.5, 0.6) is 5.75 Å². The molecule has 2 aromatic carbocycles. The Labute approximate surface area is 184 Å². The highest BCUT2D eigenvalue weighted by atomic mass is 35.5. The summed E-state index contributed by atoms with van der Waals surface area (Å²) in [7, 11) is -2.31. The SMILES string of the molecule is COc1ccc(Cl)cc1N(CC(=O)NC(C)CC(C)(C)c1ccccc1)S(C)(=O)=O. The molecule has 0 radical (unpaired) electrons. The van der Waals surface area contributed by atoms with Crippen LogP contribution in [0, 0.1) is 0 Å². The quantitative estimate of drug-likeness (QED) is 0.624. The molecular weight excluding hydrogens is 424 g/mol. The molecule has 1 unspecified atom stereocenters. The van der Waals surface area contributed by atoms with E-state index >= 15 is 0 Å². The van der Waals surface area contributed by atoms with Crippen molar-refractivity contribution in [1.29, 1.82) is 0 Å². The van der Waals surface area contributed by atoms with Gasteiger partial charge < -0.3 is 10.1 Å². The molecule has 0 aliphatic carbocycles. The van der Waals surface area contributed by atoms with Crippen LogP contribution < -0.4 is 14.4 Å². The maximum absolute atomic E-state index is 12.7. The molecule has 0 saturated carbocycles. The smallest absolute Gasteiger partial charge is 0.240 e. The van der Waals surface area contributed by atoms with E-state index in [4.69, 9.17) is 16.3 Å². The van der Waals surface area contributed by atoms with Crippen LogP contribution in [0.25, 0.3) is 0 Å². The third-order valence-electron chi connectivity index (χ3n) is 4.88. The number of benzene rings is 2. The first kappa shape index (κ1) is 24.0. The number of nitrogens with one attached hydrogen (secondary N) is 1. The maximum Gasteiger partial charge on any atom is 0.240 e. The van der Waals surface area contributed by atoms with Gasteiger partial charge in [-0.15, -0.1) is 0 Å². The van der Waals surface area contributed by atoms with Crippen molar-refractivity contribution in [3.05, 3.63) is 59.1 Å². The second kappa shape index (κ2) is 9.71. The van der Waals surface area contributed by atoms with Gasteiger partial charge in [0.25, 0.3) is 0 Å². The molecule has 1 atom stereocenters. The summed E-state index contributed by atoms with van der Waals surface area (Å²) in [6, 6.07) is 14.5. The number of nitrogens with zero attached hydrogens (tertiary/aromatic N) is 1. The fourth-order valence-corrected chi connectivity index (χ4v) is 4.53. The summed E-state index contributed by atoms with van der Waals surface area (Å²) in [4.78, 5) is 12.7. The largest absolute Gasteiger partial charge is 0.495 e. The number of ether oxygens (including phenoxy) is 1. The van der Waals surface area contributed by atoms with Gasteiger partial charge in [-0.2, -0.15) is 0 Å². The van der Waals surface area contributed by atoms with Gasteiger partial charge >= 0.3 is 0 Å². The summed E-state index contributed by atoms with van der Waals surface area (Å²) >= 11 is 6.04. The Balaban J connectivity index is 2.15. The lowest BCUT2D eigenvalue weighted by atomic mass is 9.79. The molecule has 0 aliphatic rings. The van der Waals surface area contributed by atoms with Crippen molar-refractivity contribution in [2.24, 2.45) is 0 Å². The van der Waals surface area contributed by atoms with Gasteiger partial charge in [-0.05, 0) is 42.5 Å². The molecular formula is C22H29ClN2O4S. The summed E-state index contributed by atoms with van der Waals surface area (Å²) in [6.45, 7) is 5.77. The molecule has 6 nitrogen and oxygen atoms in total. The zero-order valence-corrected chi connectivity index (χ0v) is 19.5. The molecule has 1 N–H and O–H groups in total. The molecule has 30 heavy (non-hydrogen) atoms. The molecule has 2 rings (SSSR count). The summed E-state index contributed by atoms with van der Waals surface area (Å²) in [5.74, 6) is -0.0882. The van der Waals surface area contributed by atoms with E-state index in [9.17, 15) is 13.2 Å². The second-order valence-corrected chi connectivity index (χ2v) is 10.4. The fraction of sp³-hybridized carbons (Fsp3) is 0.409. The van der Waals surface area contributed by atoms with Crippen molar-refractivity contribution < 1.29 is 17.9 Å². The summed E-state index contributed by atoms with van der Waals surface area (Å²) < 4.78 is 31.0. The number of carbonyl (C=O) groups is 1. The Morgan fingerprint density at radius 3 is 2.40 bits per heavy atom.